The van der Waals surface area contributed by atoms with E-state index in [1.54, 1.807) is 0 Å². The van der Waals surface area contributed by atoms with Crippen LogP contribution in [0.15, 0.2) is 0 Å². The van der Waals surface area contributed by atoms with Gasteiger partial charge in [0.2, 0.25) is 0 Å². The van der Waals surface area contributed by atoms with Gasteiger partial charge in [0.1, 0.15) is 0 Å². The van der Waals surface area contributed by atoms with Crippen LogP contribution in [0.3, 0.4) is 0 Å². The van der Waals surface area contributed by atoms with Gasteiger partial charge in [-0.15, -0.1) is 0 Å². The fourth-order valence-corrected chi connectivity index (χ4v) is 5.37. The van der Waals surface area contributed by atoms with Gasteiger partial charge < -0.3 is 4.74 Å². The van der Waals surface area contributed by atoms with E-state index in [0.29, 0.717) is 13.0 Å². The predicted octanol–water partition coefficient (Wildman–Crippen LogP) is 12.7. The van der Waals surface area contributed by atoms with Crippen molar-refractivity contribution in [2.75, 3.05) is 6.61 Å². The third-order valence-corrected chi connectivity index (χ3v) is 8.00. The van der Waals surface area contributed by atoms with Gasteiger partial charge in [-0.05, 0) is 12.8 Å². The highest BCUT2D eigenvalue weighted by Crippen LogP contribution is 2.15. The summed E-state index contributed by atoms with van der Waals surface area (Å²) in [5.41, 5.74) is 0. The molecular weight excluding hydrogens is 452 g/mol. The Morgan fingerprint density at radius 3 is 0.892 bits per heavy atom. The molecule has 0 aliphatic rings. The molecule has 0 aromatic carbocycles. The highest BCUT2D eigenvalue weighted by Gasteiger charge is 2.03. The third-order valence-electron chi connectivity index (χ3n) is 8.00. The van der Waals surface area contributed by atoms with Gasteiger partial charge >= 0.3 is 5.97 Å². The highest BCUT2D eigenvalue weighted by atomic mass is 16.5. The van der Waals surface area contributed by atoms with Crippen molar-refractivity contribution in [1.82, 2.24) is 0 Å². The van der Waals surface area contributed by atoms with Gasteiger partial charge in [-0.1, -0.05) is 194 Å². The lowest BCUT2D eigenvalue weighted by atomic mass is 10.0. The summed E-state index contributed by atoms with van der Waals surface area (Å²) < 4.78 is 5.43. The maximum absolute atomic E-state index is 11.9. The molecule has 0 aromatic heterocycles. The molecule has 0 saturated carbocycles. The Morgan fingerprint density at radius 1 is 0.351 bits per heavy atom. The lowest BCUT2D eigenvalue weighted by Crippen LogP contribution is -2.05. The van der Waals surface area contributed by atoms with Gasteiger partial charge in [-0.2, -0.15) is 0 Å². The molecule has 0 bridgehead atoms. The normalized spacial score (nSPS) is 11.3. The zero-order valence-corrected chi connectivity index (χ0v) is 25.9. The van der Waals surface area contributed by atoms with E-state index in [0.717, 1.165) is 12.8 Å². The summed E-state index contributed by atoms with van der Waals surface area (Å²) in [6, 6.07) is 0. The molecule has 0 fully saturated rings. The largest absolute Gasteiger partial charge is 0.466 e. The van der Waals surface area contributed by atoms with Crippen molar-refractivity contribution in [3.8, 4) is 0 Å². The van der Waals surface area contributed by atoms with Gasteiger partial charge in [0, 0.05) is 6.42 Å². The van der Waals surface area contributed by atoms with Crippen molar-refractivity contribution in [2.24, 2.45) is 0 Å². The van der Waals surface area contributed by atoms with Gasteiger partial charge in [-0.25, -0.2) is 0 Å². The molecule has 0 radical (unpaired) electrons. The van der Waals surface area contributed by atoms with Gasteiger partial charge in [0.15, 0.2) is 0 Å². The Bertz CT molecular complexity index is 419. The van der Waals surface area contributed by atoms with Crippen LogP contribution in [0, 0.1) is 0 Å². The average molecular weight is 523 g/mol. The summed E-state index contributed by atoms with van der Waals surface area (Å²) in [5, 5.41) is 0. The monoisotopic (exact) mass is 523 g/mol. The maximum atomic E-state index is 11.9. The van der Waals surface area contributed by atoms with Crippen LogP contribution in [-0.4, -0.2) is 12.6 Å². The molecule has 0 saturated heterocycles. The minimum absolute atomic E-state index is 0.0269. The Hall–Kier alpha value is -0.530. The number of hydrogen-bond acceptors (Lipinski definition) is 2. The van der Waals surface area contributed by atoms with Crippen molar-refractivity contribution in [1.29, 1.82) is 0 Å². The highest BCUT2D eigenvalue weighted by molar-refractivity contribution is 5.69. The zero-order valence-electron chi connectivity index (χ0n) is 25.9. The molecule has 2 heteroatoms. The molecular formula is C35H70O2. The molecule has 0 spiro atoms. The molecule has 0 aromatic rings. The molecule has 222 valence electrons. The Kier molecular flexibility index (Phi) is 33.0. The molecule has 0 heterocycles. The Balaban J connectivity index is 3.13. The van der Waals surface area contributed by atoms with Crippen molar-refractivity contribution < 1.29 is 9.53 Å². The number of esters is 1. The second kappa shape index (κ2) is 33.5. The number of ether oxygens (including phenoxy) is 1. The van der Waals surface area contributed by atoms with Crippen molar-refractivity contribution in [3.05, 3.63) is 0 Å². The van der Waals surface area contributed by atoms with Crippen LogP contribution in [0.2, 0.25) is 0 Å². The lowest BCUT2D eigenvalue weighted by Gasteiger charge is -2.06. The summed E-state index contributed by atoms with van der Waals surface area (Å²) in [6.07, 6.45) is 41.6. The number of hydrogen-bond donors (Lipinski definition) is 0. The van der Waals surface area contributed by atoms with E-state index in [1.165, 1.54) is 180 Å². The van der Waals surface area contributed by atoms with Gasteiger partial charge in [0.05, 0.1) is 6.61 Å². The van der Waals surface area contributed by atoms with Crippen LogP contribution in [0.4, 0.5) is 0 Å². The van der Waals surface area contributed by atoms with Crippen LogP contribution in [0.1, 0.15) is 213 Å². The number of unbranched alkanes of at least 4 members (excludes halogenated alkanes) is 28. The molecule has 0 amide bonds. The van der Waals surface area contributed by atoms with Crippen LogP contribution in [0.5, 0.6) is 0 Å². The predicted molar refractivity (Wildman–Crippen MR) is 165 cm³/mol. The van der Waals surface area contributed by atoms with Crippen LogP contribution in [0.25, 0.3) is 0 Å². The Morgan fingerprint density at radius 2 is 0.595 bits per heavy atom. The topological polar surface area (TPSA) is 26.3 Å². The quantitative estimate of drug-likeness (QED) is 0.0648. The van der Waals surface area contributed by atoms with Gasteiger partial charge in [-0.3, -0.25) is 4.79 Å². The van der Waals surface area contributed by atoms with Gasteiger partial charge in [0.25, 0.3) is 0 Å². The average Bonchev–Trinajstić information content (AvgIpc) is 2.90. The fourth-order valence-electron chi connectivity index (χ4n) is 5.37. The summed E-state index contributed by atoms with van der Waals surface area (Å²) in [7, 11) is 0. The Labute approximate surface area is 234 Å². The molecule has 37 heavy (non-hydrogen) atoms. The zero-order chi connectivity index (χ0) is 26.9. The number of carbonyl (C=O) groups excluding carboxylic acids is 1. The first kappa shape index (κ1) is 36.5. The second-order valence-corrected chi connectivity index (χ2v) is 11.9. The molecule has 0 rings (SSSR count). The van der Waals surface area contributed by atoms with E-state index < -0.39 is 0 Å². The summed E-state index contributed by atoms with van der Waals surface area (Å²) >= 11 is 0. The number of rotatable bonds is 32. The van der Waals surface area contributed by atoms with E-state index in [4.69, 9.17) is 4.74 Å². The van der Waals surface area contributed by atoms with E-state index in [-0.39, 0.29) is 5.97 Å². The summed E-state index contributed by atoms with van der Waals surface area (Å²) in [4.78, 5) is 11.9. The molecule has 0 N–H and O–H groups in total. The van der Waals surface area contributed by atoms with E-state index in [2.05, 4.69) is 13.8 Å². The van der Waals surface area contributed by atoms with Crippen molar-refractivity contribution in [3.63, 3.8) is 0 Å². The molecule has 2 nitrogen and oxygen atoms in total. The van der Waals surface area contributed by atoms with Crippen molar-refractivity contribution in [2.45, 2.75) is 213 Å². The van der Waals surface area contributed by atoms with Crippen LogP contribution >= 0.6 is 0 Å². The van der Waals surface area contributed by atoms with E-state index in [9.17, 15) is 4.79 Å². The summed E-state index contributed by atoms with van der Waals surface area (Å²) in [6.45, 7) is 5.21. The first-order valence-electron chi connectivity index (χ1n) is 17.5. The smallest absolute Gasteiger partial charge is 0.305 e. The molecule has 0 aliphatic heterocycles. The first-order valence-corrected chi connectivity index (χ1v) is 17.5. The van der Waals surface area contributed by atoms with Crippen LogP contribution < -0.4 is 0 Å². The fraction of sp³-hybridized carbons (Fsp3) is 0.971. The molecule has 0 unspecified atom stereocenters. The third kappa shape index (κ3) is 33.4. The van der Waals surface area contributed by atoms with Crippen LogP contribution in [-0.2, 0) is 9.53 Å². The van der Waals surface area contributed by atoms with E-state index in [1.807, 2.05) is 0 Å². The SMILES string of the molecule is CCCCCCCCCCCCCCCCCCCCOC(=O)CCCCCCCCCCCCCC. The summed E-state index contributed by atoms with van der Waals surface area (Å²) in [5.74, 6) is 0.0269. The lowest BCUT2D eigenvalue weighted by molar-refractivity contribution is -0.143. The second-order valence-electron chi connectivity index (χ2n) is 11.9. The minimum atomic E-state index is 0.0269. The first-order chi connectivity index (χ1) is 18.3. The number of carbonyl (C=O) groups is 1. The van der Waals surface area contributed by atoms with Crippen molar-refractivity contribution >= 4 is 5.97 Å². The maximum Gasteiger partial charge on any atom is 0.305 e. The standard InChI is InChI=1S/C35H70O2/c1-3-5-7-9-11-13-15-17-18-19-20-21-22-24-26-28-30-32-34-37-35(36)33-31-29-27-25-23-16-14-12-10-8-6-4-2/h3-34H2,1-2H3. The van der Waals surface area contributed by atoms with E-state index >= 15 is 0 Å². The molecule has 0 atom stereocenters. The minimum Gasteiger partial charge on any atom is -0.466 e. The molecule has 0 aliphatic carbocycles.